The lowest BCUT2D eigenvalue weighted by Gasteiger charge is -2.39. The molecule has 0 saturated carbocycles. The van der Waals surface area contributed by atoms with Crippen molar-refractivity contribution in [3.8, 4) is 0 Å². The van der Waals surface area contributed by atoms with E-state index < -0.39 is 32.7 Å². The van der Waals surface area contributed by atoms with Crippen molar-refractivity contribution in [2.75, 3.05) is 0 Å². The largest absolute Gasteiger partial charge is 0.408 e. The molecule has 0 aromatic carbocycles. The summed E-state index contributed by atoms with van der Waals surface area (Å²) < 4.78 is 11.2. The van der Waals surface area contributed by atoms with Crippen LogP contribution in [0.4, 0.5) is 0 Å². The van der Waals surface area contributed by atoms with Crippen LogP contribution in [-0.2, 0) is 23.5 Å². The Bertz CT molecular complexity index is 758. The molecule has 29 heavy (non-hydrogen) atoms. The predicted octanol–water partition coefficient (Wildman–Crippen LogP) is 3.24. The van der Waals surface area contributed by atoms with Crippen molar-refractivity contribution in [3.63, 3.8) is 0 Å². The van der Waals surface area contributed by atoms with Crippen LogP contribution < -0.4 is 0 Å². The first-order chi connectivity index (χ1) is 13.4. The van der Waals surface area contributed by atoms with E-state index in [1.807, 2.05) is 53.8 Å². The van der Waals surface area contributed by atoms with Gasteiger partial charge >= 0.3 is 11.9 Å². The molecule has 2 rings (SSSR count). The maximum Gasteiger partial charge on any atom is 0.345 e. The summed E-state index contributed by atoms with van der Waals surface area (Å²) in [6, 6.07) is 0. The summed E-state index contributed by atoms with van der Waals surface area (Å²) in [5.74, 6) is -2.05. The van der Waals surface area contributed by atoms with E-state index in [2.05, 4.69) is 0 Å². The van der Waals surface area contributed by atoms with Gasteiger partial charge in [0.15, 0.2) is 14.8 Å². The molecule has 0 saturated heterocycles. The van der Waals surface area contributed by atoms with Crippen molar-refractivity contribution in [3.05, 3.63) is 22.8 Å². The molecule has 6 nitrogen and oxygen atoms in total. The molecule has 0 aromatic heterocycles. The Morgan fingerprint density at radius 2 is 1.86 bits per heavy atom. The maximum atomic E-state index is 13.3. The molecule has 0 radical (unpaired) electrons. The molecule has 162 valence electrons. The first kappa shape index (κ1) is 23.7. The van der Waals surface area contributed by atoms with Crippen LogP contribution in [0.2, 0.25) is 13.1 Å². The van der Waals surface area contributed by atoms with E-state index in [0.29, 0.717) is 6.42 Å². The molecular formula is C22H34O6Si. The number of hydrogen-bond donors (Lipinski definition) is 1. The van der Waals surface area contributed by atoms with E-state index >= 15 is 0 Å². The van der Waals surface area contributed by atoms with E-state index in [0.717, 1.165) is 5.57 Å². The van der Waals surface area contributed by atoms with E-state index in [1.165, 1.54) is 0 Å². The second kappa shape index (κ2) is 8.66. The zero-order valence-corrected chi connectivity index (χ0v) is 19.8. The van der Waals surface area contributed by atoms with Crippen molar-refractivity contribution < 1.29 is 28.7 Å². The Morgan fingerprint density at radius 1 is 1.24 bits per heavy atom. The Balaban J connectivity index is 2.82. The summed E-state index contributed by atoms with van der Waals surface area (Å²) in [5.41, 5.74) is -0.646. The number of rotatable bonds is 4. The zero-order chi connectivity index (χ0) is 22.1. The Kier molecular flexibility index (Phi) is 7.08. The van der Waals surface area contributed by atoms with Gasteiger partial charge in [-0.1, -0.05) is 45.8 Å². The fourth-order valence-corrected chi connectivity index (χ4v) is 5.79. The molecule has 0 aromatic rings. The quantitative estimate of drug-likeness (QED) is 0.324. The van der Waals surface area contributed by atoms with Gasteiger partial charge in [-0.3, -0.25) is 4.79 Å². The molecule has 0 amide bonds. The van der Waals surface area contributed by atoms with E-state index in [9.17, 15) is 19.5 Å². The van der Waals surface area contributed by atoms with Gasteiger partial charge < -0.3 is 14.3 Å². The molecule has 1 aliphatic carbocycles. The molecule has 7 heteroatoms. The van der Waals surface area contributed by atoms with Crippen molar-refractivity contribution in [2.45, 2.75) is 85.1 Å². The number of allylic oxidation sites excluding steroid dienone is 2. The fraction of sp³-hybridized carbons (Fsp3) is 0.682. The number of cyclic esters (lactones) is 2. The number of aliphatic hydroxyl groups is 1. The van der Waals surface area contributed by atoms with E-state index in [-0.39, 0.29) is 47.5 Å². The van der Waals surface area contributed by atoms with Crippen molar-refractivity contribution >= 4 is 26.8 Å². The van der Waals surface area contributed by atoms with Crippen molar-refractivity contribution in [1.29, 1.82) is 0 Å². The standard InChI is InChI=1S/C22H34O6Si/c1-8-10-22(28-29(6)7)17-14(19(25)27-20(17)26)11-13(9-2)15(21(3,4)5)12-16(23)18(22)24/h9,15,18,24,29H,8,10-12H2,1-7H3/t15-,18-,22-/m0/s1. The van der Waals surface area contributed by atoms with Gasteiger partial charge in [-0.2, -0.15) is 0 Å². The molecule has 0 unspecified atom stereocenters. The zero-order valence-electron chi connectivity index (χ0n) is 18.6. The molecule has 1 aliphatic heterocycles. The number of carbonyl (C=O) groups is 3. The minimum atomic E-state index is -1.81. The molecule has 3 atom stereocenters. The first-order valence-corrected chi connectivity index (χ1v) is 13.2. The van der Waals surface area contributed by atoms with Gasteiger partial charge in [0.25, 0.3) is 0 Å². The first-order valence-electron chi connectivity index (χ1n) is 10.4. The lowest BCUT2D eigenvalue weighted by Crippen LogP contribution is -2.54. The minimum Gasteiger partial charge on any atom is -0.408 e. The van der Waals surface area contributed by atoms with Crippen LogP contribution in [0.1, 0.15) is 60.3 Å². The number of ether oxygens (including phenoxy) is 1. The third kappa shape index (κ3) is 4.46. The topological polar surface area (TPSA) is 89.9 Å². The highest BCUT2D eigenvalue weighted by atomic mass is 28.3. The SMILES string of the molecule is CC=C1CC2=C(C(=O)OC2=O)[C@](CCC)(O[SiH](C)C)[C@@H](O)C(=O)C[C@@H]1C(C)(C)C. The van der Waals surface area contributed by atoms with Crippen LogP contribution in [0.5, 0.6) is 0 Å². The second-order valence-corrected chi connectivity index (χ2v) is 11.7. The van der Waals surface area contributed by atoms with Gasteiger partial charge in [-0.15, -0.1) is 0 Å². The molecule has 1 N–H and O–H groups in total. The minimum absolute atomic E-state index is 0.0420. The van der Waals surface area contributed by atoms with Crippen LogP contribution in [0.3, 0.4) is 0 Å². The highest BCUT2D eigenvalue weighted by molar-refractivity contribution is 6.48. The van der Waals surface area contributed by atoms with Crippen LogP contribution in [0.15, 0.2) is 22.8 Å². The van der Waals surface area contributed by atoms with Crippen LogP contribution in [0.25, 0.3) is 0 Å². The lowest BCUT2D eigenvalue weighted by molar-refractivity contribution is -0.153. The van der Waals surface area contributed by atoms with Gasteiger partial charge in [-0.25, -0.2) is 9.59 Å². The molecule has 0 spiro atoms. The Morgan fingerprint density at radius 3 is 2.34 bits per heavy atom. The number of esters is 2. The Labute approximate surface area is 175 Å². The highest BCUT2D eigenvalue weighted by Gasteiger charge is 2.55. The van der Waals surface area contributed by atoms with Crippen LogP contribution in [-0.4, -0.2) is 43.6 Å². The maximum absolute atomic E-state index is 13.3. The monoisotopic (exact) mass is 422 g/mol. The molecule has 1 heterocycles. The van der Waals surface area contributed by atoms with Gasteiger partial charge in [0.1, 0.15) is 11.7 Å². The van der Waals surface area contributed by atoms with Crippen LogP contribution >= 0.6 is 0 Å². The summed E-state index contributed by atoms with van der Waals surface area (Å²) >= 11 is 0. The molecule has 0 fully saturated rings. The van der Waals surface area contributed by atoms with E-state index in [4.69, 9.17) is 9.16 Å². The molecular weight excluding hydrogens is 388 g/mol. The number of aliphatic hydroxyl groups excluding tert-OH is 1. The normalized spacial score (nSPS) is 30.4. The van der Waals surface area contributed by atoms with Gasteiger partial charge in [-0.05, 0) is 37.8 Å². The average molecular weight is 423 g/mol. The van der Waals surface area contributed by atoms with Crippen molar-refractivity contribution in [1.82, 2.24) is 0 Å². The third-order valence-electron chi connectivity index (χ3n) is 5.82. The smallest absolute Gasteiger partial charge is 0.345 e. The van der Waals surface area contributed by atoms with Gasteiger partial charge in [0, 0.05) is 12.8 Å². The Hall–Kier alpha value is -1.57. The summed E-state index contributed by atoms with van der Waals surface area (Å²) in [6.45, 7) is 13.7. The molecule has 2 aliphatic rings. The predicted molar refractivity (Wildman–Crippen MR) is 113 cm³/mol. The van der Waals surface area contributed by atoms with Crippen LogP contribution in [0, 0.1) is 11.3 Å². The number of hydrogen-bond acceptors (Lipinski definition) is 6. The molecule has 0 bridgehead atoms. The van der Waals surface area contributed by atoms with Crippen molar-refractivity contribution in [2.24, 2.45) is 11.3 Å². The lowest BCUT2D eigenvalue weighted by atomic mass is 9.71. The summed E-state index contributed by atoms with van der Waals surface area (Å²) in [5, 5.41) is 11.3. The summed E-state index contributed by atoms with van der Waals surface area (Å²) in [4.78, 5) is 38.7. The van der Waals surface area contributed by atoms with Gasteiger partial charge in [0.2, 0.25) is 0 Å². The number of carbonyl (C=O) groups excluding carboxylic acids is 3. The fourth-order valence-electron chi connectivity index (χ4n) is 4.58. The summed E-state index contributed by atoms with van der Waals surface area (Å²) in [7, 11) is -1.81. The third-order valence-corrected chi connectivity index (χ3v) is 6.72. The van der Waals surface area contributed by atoms with E-state index in [1.54, 1.807) is 0 Å². The average Bonchev–Trinajstić information content (AvgIpc) is 2.89. The highest BCUT2D eigenvalue weighted by Crippen LogP contribution is 2.46. The van der Waals surface area contributed by atoms with Gasteiger partial charge in [0.05, 0.1) is 11.1 Å². The second-order valence-electron chi connectivity index (χ2n) is 9.37. The number of ketones is 1. The number of Topliss-reactive ketones (excluding diaryl/α,β-unsaturated/α-hetero) is 1. The summed E-state index contributed by atoms with van der Waals surface area (Å²) in [6.07, 6.45) is 1.55.